The number of carbonyl (C=O) groups excluding carboxylic acids is 2. The molecule has 1 amide bonds. The Labute approximate surface area is 132 Å². The molecule has 2 fully saturated rings. The van der Waals surface area contributed by atoms with Gasteiger partial charge in [-0.3, -0.25) is 9.59 Å². The van der Waals surface area contributed by atoms with Gasteiger partial charge in [0.25, 0.3) is 0 Å². The van der Waals surface area contributed by atoms with Gasteiger partial charge in [0.05, 0.1) is 25.7 Å². The number of likely N-dealkylation sites (tertiary alicyclic amines) is 1. The van der Waals surface area contributed by atoms with E-state index in [0.717, 1.165) is 5.56 Å². The summed E-state index contributed by atoms with van der Waals surface area (Å²) in [7, 11) is 1.32. The molecular weight excluding hydrogens is 301 g/mol. The molecule has 5 nitrogen and oxygen atoms in total. The molecule has 0 saturated carbocycles. The third kappa shape index (κ3) is 2.01. The minimum atomic E-state index is -0.735. The van der Waals surface area contributed by atoms with Crippen molar-refractivity contribution in [1.82, 2.24) is 4.90 Å². The van der Waals surface area contributed by atoms with Crippen molar-refractivity contribution < 1.29 is 23.5 Å². The molecule has 3 heterocycles. The summed E-state index contributed by atoms with van der Waals surface area (Å²) in [6.45, 7) is 0.765. The number of hydrogen-bond donors (Lipinski definition) is 0. The van der Waals surface area contributed by atoms with Gasteiger partial charge < -0.3 is 14.4 Å². The second-order valence-electron chi connectivity index (χ2n) is 6.24. The summed E-state index contributed by atoms with van der Waals surface area (Å²) >= 11 is 0. The Bertz CT molecular complexity index is 701. The van der Waals surface area contributed by atoms with E-state index >= 15 is 0 Å². The van der Waals surface area contributed by atoms with E-state index in [1.165, 1.54) is 19.2 Å². The molecule has 6 heteroatoms. The van der Waals surface area contributed by atoms with E-state index in [9.17, 15) is 14.0 Å². The zero-order valence-electron chi connectivity index (χ0n) is 12.6. The van der Waals surface area contributed by atoms with E-state index in [1.54, 1.807) is 17.0 Å². The number of ether oxygens (including phenoxy) is 2. The number of rotatable bonds is 3. The smallest absolute Gasteiger partial charge is 0.312 e. The van der Waals surface area contributed by atoms with Crippen LogP contribution in [-0.2, 0) is 25.6 Å². The summed E-state index contributed by atoms with van der Waals surface area (Å²) in [5, 5.41) is 0. The van der Waals surface area contributed by atoms with Gasteiger partial charge in [-0.05, 0) is 17.7 Å². The van der Waals surface area contributed by atoms with Crippen LogP contribution in [0.3, 0.4) is 0 Å². The van der Waals surface area contributed by atoms with Gasteiger partial charge in [0.15, 0.2) is 0 Å². The lowest BCUT2D eigenvalue weighted by Gasteiger charge is -2.22. The van der Waals surface area contributed by atoms with Gasteiger partial charge in [0.2, 0.25) is 5.91 Å². The monoisotopic (exact) mass is 317 g/mol. The number of amides is 1. The lowest BCUT2D eigenvalue weighted by molar-refractivity contribution is -0.151. The maximum Gasteiger partial charge on any atom is 0.312 e. The second kappa shape index (κ2) is 4.89. The lowest BCUT2D eigenvalue weighted by Crippen LogP contribution is -2.39. The van der Waals surface area contributed by atoms with Gasteiger partial charge in [-0.15, -0.1) is 0 Å². The Hall–Kier alpha value is -2.21. The summed E-state index contributed by atoms with van der Waals surface area (Å²) in [6.07, 6.45) is 3.35. The molecule has 0 aliphatic carbocycles. The molecule has 23 heavy (non-hydrogen) atoms. The molecule has 4 rings (SSSR count). The number of fused-ring (bicyclic) bond motifs is 1. The first kappa shape index (κ1) is 14.4. The fraction of sp³-hybridized carbons (Fsp3) is 0.412. The highest BCUT2D eigenvalue weighted by molar-refractivity contribution is 5.91. The van der Waals surface area contributed by atoms with E-state index in [0.29, 0.717) is 13.1 Å². The minimum Gasteiger partial charge on any atom is -0.469 e. The Morgan fingerprint density at radius 1 is 1.43 bits per heavy atom. The van der Waals surface area contributed by atoms with E-state index in [2.05, 4.69) is 0 Å². The first-order valence-electron chi connectivity index (χ1n) is 7.52. The summed E-state index contributed by atoms with van der Waals surface area (Å²) in [5.41, 5.74) is 0.102. The average molecular weight is 317 g/mol. The van der Waals surface area contributed by atoms with Crippen LogP contribution in [0.2, 0.25) is 0 Å². The summed E-state index contributed by atoms with van der Waals surface area (Å²) in [6, 6.07) is 6.04. The quantitative estimate of drug-likeness (QED) is 0.622. The standard InChI is InChI=1S/C17H16FNO4/c1-22-16(21)13-12-6-7-17(23-12)9-19(15(20)14(13)17)8-10-2-4-11(18)5-3-10/h2-7,12-14H,8-9H2,1H3/t12-,13+,14-,17+/m1/s1. The number of halogens is 1. The number of benzene rings is 1. The molecule has 3 aliphatic heterocycles. The fourth-order valence-corrected chi connectivity index (χ4v) is 3.93. The Balaban J connectivity index is 1.60. The van der Waals surface area contributed by atoms with Crippen LogP contribution in [0.5, 0.6) is 0 Å². The van der Waals surface area contributed by atoms with Crippen LogP contribution >= 0.6 is 0 Å². The SMILES string of the molecule is COC(=O)[C@H]1[C@H]2C=C[C@@]3(CN(Cc4ccc(F)cc4)C(=O)[C@@H]13)O2. The average Bonchev–Trinajstić information content (AvgIpc) is 3.18. The highest BCUT2D eigenvalue weighted by atomic mass is 19.1. The third-order valence-corrected chi connectivity index (χ3v) is 4.94. The highest BCUT2D eigenvalue weighted by Gasteiger charge is 2.67. The number of nitrogens with zero attached hydrogens (tertiary/aromatic N) is 1. The normalized spacial score (nSPS) is 34.1. The minimum absolute atomic E-state index is 0.114. The maximum atomic E-state index is 13.0. The molecule has 1 aromatic rings. The molecule has 2 saturated heterocycles. The van der Waals surface area contributed by atoms with Crippen molar-refractivity contribution >= 4 is 11.9 Å². The van der Waals surface area contributed by atoms with Crippen LogP contribution in [0.25, 0.3) is 0 Å². The van der Waals surface area contributed by atoms with Crippen molar-refractivity contribution in [3.05, 3.63) is 47.8 Å². The number of methoxy groups -OCH3 is 1. The van der Waals surface area contributed by atoms with Crippen molar-refractivity contribution in [2.75, 3.05) is 13.7 Å². The number of carbonyl (C=O) groups is 2. The van der Waals surface area contributed by atoms with Crippen molar-refractivity contribution in [3.63, 3.8) is 0 Å². The second-order valence-corrected chi connectivity index (χ2v) is 6.24. The van der Waals surface area contributed by atoms with E-state index in [1.807, 2.05) is 12.2 Å². The van der Waals surface area contributed by atoms with Crippen molar-refractivity contribution in [1.29, 1.82) is 0 Å². The summed E-state index contributed by atoms with van der Waals surface area (Å²) < 4.78 is 23.8. The predicted octanol–water partition coefficient (Wildman–Crippen LogP) is 1.28. The van der Waals surface area contributed by atoms with Gasteiger partial charge >= 0.3 is 5.97 Å². The van der Waals surface area contributed by atoms with E-state index in [4.69, 9.17) is 9.47 Å². The zero-order valence-corrected chi connectivity index (χ0v) is 12.6. The molecular formula is C17H16FNO4. The molecule has 1 spiro atoms. The summed E-state index contributed by atoms with van der Waals surface area (Å²) in [4.78, 5) is 26.5. The molecule has 0 unspecified atom stereocenters. The van der Waals surface area contributed by atoms with Crippen LogP contribution in [0.1, 0.15) is 5.56 Å². The highest BCUT2D eigenvalue weighted by Crippen LogP contribution is 2.52. The molecule has 2 bridgehead atoms. The van der Waals surface area contributed by atoms with Crippen molar-refractivity contribution in [2.45, 2.75) is 18.2 Å². The fourth-order valence-electron chi connectivity index (χ4n) is 3.93. The van der Waals surface area contributed by atoms with Crippen LogP contribution in [0, 0.1) is 17.7 Å². The predicted molar refractivity (Wildman–Crippen MR) is 77.6 cm³/mol. The molecule has 1 aromatic carbocycles. The van der Waals surface area contributed by atoms with E-state index < -0.39 is 23.4 Å². The van der Waals surface area contributed by atoms with Gasteiger partial charge in [0.1, 0.15) is 17.3 Å². The van der Waals surface area contributed by atoms with Crippen LogP contribution in [0.4, 0.5) is 4.39 Å². The number of hydrogen-bond acceptors (Lipinski definition) is 4. The molecule has 0 aromatic heterocycles. The van der Waals surface area contributed by atoms with E-state index in [-0.39, 0.29) is 17.8 Å². The van der Waals surface area contributed by atoms with Gasteiger partial charge in [-0.2, -0.15) is 0 Å². The lowest BCUT2D eigenvalue weighted by atomic mass is 9.77. The topological polar surface area (TPSA) is 55.8 Å². The first-order chi connectivity index (χ1) is 11.0. The molecule has 3 aliphatic rings. The maximum absolute atomic E-state index is 13.0. The third-order valence-electron chi connectivity index (χ3n) is 4.94. The van der Waals surface area contributed by atoms with Crippen LogP contribution in [0.15, 0.2) is 36.4 Å². The molecule has 4 atom stereocenters. The van der Waals surface area contributed by atoms with Gasteiger partial charge in [0, 0.05) is 6.54 Å². The first-order valence-corrected chi connectivity index (χ1v) is 7.52. The molecule has 0 radical (unpaired) electrons. The van der Waals surface area contributed by atoms with Crippen molar-refractivity contribution in [2.24, 2.45) is 11.8 Å². The Kier molecular flexibility index (Phi) is 3.06. The summed E-state index contributed by atoms with van der Waals surface area (Å²) in [5.74, 6) is -1.96. The van der Waals surface area contributed by atoms with Crippen LogP contribution in [-0.4, -0.2) is 42.1 Å². The van der Waals surface area contributed by atoms with Crippen LogP contribution < -0.4 is 0 Å². The molecule has 0 N–H and O–H groups in total. The van der Waals surface area contributed by atoms with Gasteiger partial charge in [-0.25, -0.2) is 4.39 Å². The Morgan fingerprint density at radius 3 is 2.87 bits per heavy atom. The Morgan fingerprint density at radius 2 is 2.17 bits per heavy atom. The zero-order chi connectivity index (χ0) is 16.2. The number of esters is 1. The molecule has 120 valence electrons. The largest absolute Gasteiger partial charge is 0.469 e. The van der Waals surface area contributed by atoms with Gasteiger partial charge in [-0.1, -0.05) is 24.3 Å². The van der Waals surface area contributed by atoms with Crippen molar-refractivity contribution in [3.8, 4) is 0 Å².